The molecule has 1 rings (SSSR count). The molecular weight excluding hydrogens is 223 g/mol. The van der Waals surface area contributed by atoms with Crippen LogP contribution in [0.3, 0.4) is 0 Å². The third kappa shape index (κ3) is 4.30. The second-order valence-corrected chi connectivity index (χ2v) is 5.74. The Morgan fingerprint density at radius 3 is 2.28 bits per heavy atom. The van der Waals surface area contributed by atoms with Crippen molar-refractivity contribution >= 4 is 14.1 Å². The summed E-state index contributed by atoms with van der Waals surface area (Å²) >= 11 is 0. The van der Waals surface area contributed by atoms with Gasteiger partial charge in [-0.05, 0) is 45.5 Å². The number of carbonyl (C=O) groups is 1. The van der Waals surface area contributed by atoms with Gasteiger partial charge in [-0.3, -0.25) is 0 Å². The molecule has 0 aliphatic rings. The highest BCUT2D eigenvalue weighted by atomic mass is 16.5. The van der Waals surface area contributed by atoms with Gasteiger partial charge in [0.1, 0.15) is 6.29 Å². The monoisotopic (exact) mass is 244 g/mol. The molecule has 3 heteroatoms. The van der Waals surface area contributed by atoms with E-state index in [2.05, 4.69) is 0 Å². The zero-order valence-corrected chi connectivity index (χ0v) is 11.6. The number of hydrogen-bond acceptors (Lipinski definition) is 2. The van der Waals surface area contributed by atoms with Crippen molar-refractivity contribution in [2.75, 3.05) is 0 Å². The van der Waals surface area contributed by atoms with Crippen LogP contribution in [0, 0.1) is 0 Å². The van der Waals surface area contributed by atoms with E-state index >= 15 is 0 Å². The van der Waals surface area contributed by atoms with Gasteiger partial charge in [-0.15, -0.1) is 0 Å². The Kier molecular flexibility index (Phi) is 4.74. The molecule has 0 spiro atoms. The normalized spacial score (nSPS) is 14.2. The highest BCUT2D eigenvalue weighted by Gasteiger charge is 2.31. The Labute approximate surface area is 111 Å². The van der Waals surface area contributed by atoms with E-state index in [4.69, 9.17) is 12.6 Å². The van der Waals surface area contributed by atoms with Crippen molar-refractivity contribution in [2.24, 2.45) is 0 Å². The minimum Gasteiger partial charge on any atom is -0.365 e. The summed E-state index contributed by atoms with van der Waals surface area (Å²) in [5.74, 6) is -0.480. The first-order valence-electron chi connectivity index (χ1n) is 6.23. The number of hydrogen-bond donors (Lipinski definition) is 0. The average Bonchev–Trinajstić information content (AvgIpc) is 2.28. The van der Waals surface area contributed by atoms with Gasteiger partial charge in [0.05, 0.1) is 19.0 Å². The van der Waals surface area contributed by atoms with Crippen molar-refractivity contribution < 1.29 is 9.53 Å². The summed E-state index contributed by atoms with van der Waals surface area (Å²) in [5.41, 5.74) is 0.255. The van der Waals surface area contributed by atoms with E-state index in [1.807, 2.05) is 58.0 Å². The van der Waals surface area contributed by atoms with Crippen LogP contribution in [-0.4, -0.2) is 19.7 Å². The molecule has 0 heterocycles. The topological polar surface area (TPSA) is 26.3 Å². The number of ether oxygens (including phenoxy) is 1. The standard InChI is InChI=1S/C15H21BO2/c1-14(2,10-13(16)11-17)18-15(3,4)12-8-6-5-7-9-12/h5-9,11,13H,10H2,1-4H3. The SMILES string of the molecule is [B]C(C=O)CC(C)(C)OC(C)(C)c1ccccc1. The third-order valence-corrected chi connectivity index (χ3v) is 2.90. The number of carbonyl (C=O) groups excluding carboxylic acids is 1. The van der Waals surface area contributed by atoms with Gasteiger partial charge in [-0.1, -0.05) is 30.3 Å². The predicted octanol–water partition coefficient (Wildman–Crippen LogP) is 3.26. The fraction of sp³-hybridized carbons (Fsp3) is 0.533. The Bertz CT molecular complexity index is 385. The van der Waals surface area contributed by atoms with E-state index < -0.39 is 17.0 Å². The average molecular weight is 244 g/mol. The lowest BCUT2D eigenvalue weighted by atomic mass is 9.80. The second kappa shape index (κ2) is 5.70. The van der Waals surface area contributed by atoms with E-state index in [0.29, 0.717) is 6.42 Å². The van der Waals surface area contributed by atoms with E-state index in [0.717, 1.165) is 11.8 Å². The van der Waals surface area contributed by atoms with E-state index in [1.54, 1.807) is 0 Å². The molecule has 0 N–H and O–H groups in total. The molecule has 0 aromatic heterocycles. The van der Waals surface area contributed by atoms with Crippen LogP contribution in [0.5, 0.6) is 0 Å². The lowest BCUT2D eigenvalue weighted by Crippen LogP contribution is -2.36. The fourth-order valence-corrected chi connectivity index (χ4v) is 2.25. The van der Waals surface area contributed by atoms with Crippen molar-refractivity contribution in [2.45, 2.75) is 51.1 Å². The van der Waals surface area contributed by atoms with Crippen molar-refractivity contribution in [3.05, 3.63) is 35.9 Å². The summed E-state index contributed by atoms with van der Waals surface area (Å²) in [4.78, 5) is 10.6. The largest absolute Gasteiger partial charge is 0.365 e. The summed E-state index contributed by atoms with van der Waals surface area (Å²) in [6.45, 7) is 7.97. The van der Waals surface area contributed by atoms with Crippen LogP contribution >= 0.6 is 0 Å². The molecule has 0 saturated carbocycles. The maximum Gasteiger partial charge on any atom is 0.114 e. The van der Waals surface area contributed by atoms with Crippen molar-refractivity contribution in [1.29, 1.82) is 0 Å². The van der Waals surface area contributed by atoms with Crippen molar-refractivity contribution in [1.82, 2.24) is 0 Å². The lowest BCUT2D eigenvalue weighted by Gasteiger charge is -2.37. The Balaban J connectivity index is 2.79. The first-order valence-corrected chi connectivity index (χ1v) is 6.23. The van der Waals surface area contributed by atoms with Crippen LogP contribution < -0.4 is 0 Å². The molecule has 1 aromatic rings. The maximum atomic E-state index is 10.6. The molecule has 1 atom stereocenters. The highest BCUT2D eigenvalue weighted by Crippen LogP contribution is 2.33. The molecule has 0 fully saturated rings. The summed E-state index contributed by atoms with van der Waals surface area (Å²) in [6.07, 6.45) is 1.27. The molecule has 96 valence electrons. The first kappa shape index (κ1) is 15.0. The van der Waals surface area contributed by atoms with Gasteiger partial charge in [0.25, 0.3) is 0 Å². The predicted molar refractivity (Wildman–Crippen MR) is 74.8 cm³/mol. The third-order valence-electron chi connectivity index (χ3n) is 2.90. The molecule has 2 radical (unpaired) electrons. The first-order chi connectivity index (χ1) is 8.27. The number of benzene rings is 1. The summed E-state index contributed by atoms with van der Waals surface area (Å²) in [7, 11) is 5.67. The van der Waals surface area contributed by atoms with Crippen LogP contribution in [0.15, 0.2) is 30.3 Å². The summed E-state index contributed by atoms with van der Waals surface area (Å²) in [6, 6.07) is 10.0. The van der Waals surface area contributed by atoms with Crippen molar-refractivity contribution in [3.63, 3.8) is 0 Å². The molecule has 1 unspecified atom stereocenters. The van der Waals surface area contributed by atoms with Crippen LogP contribution in [0.25, 0.3) is 0 Å². The van der Waals surface area contributed by atoms with Crippen molar-refractivity contribution in [3.8, 4) is 0 Å². The van der Waals surface area contributed by atoms with Gasteiger partial charge in [-0.2, -0.15) is 0 Å². The minimum atomic E-state index is -0.480. The van der Waals surface area contributed by atoms with Gasteiger partial charge in [0.15, 0.2) is 0 Å². The maximum absolute atomic E-state index is 10.6. The van der Waals surface area contributed by atoms with Gasteiger partial charge >= 0.3 is 0 Å². The number of rotatable bonds is 6. The van der Waals surface area contributed by atoms with E-state index in [1.165, 1.54) is 0 Å². The Morgan fingerprint density at radius 2 is 1.78 bits per heavy atom. The Hall–Kier alpha value is -1.09. The van der Waals surface area contributed by atoms with Crippen LogP contribution in [0.1, 0.15) is 39.7 Å². The summed E-state index contributed by atoms with van der Waals surface area (Å²) < 4.78 is 6.14. The quantitative estimate of drug-likeness (QED) is 0.567. The van der Waals surface area contributed by atoms with E-state index in [-0.39, 0.29) is 0 Å². The van der Waals surface area contributed by atoms with Gasteiger partial charge < -0.3 is 9.53 Å². The number of aldehydes is 1. The van der Waals surface area contributed by atoms with E-state index in [9.17, 15) is 4.79 Å². The molecule has 0 aliphatic heterocycles. The van der Waals surface area contributed by atoms with Gasteiger partial charge in [0.2, 0.25) is 0 Å². The summed E-state index contributed by atoms with van der Waals surface area (Å²) in [5, 5.41) is 0. The smallest absolute Gasteiger partial charge is 0.114 e. The van der Waals surface area contributed by atoms with Crippen LogP contribution in [0.4, 0.5) is 0 Å². The van der Waals surface area contributed by atoms with Crippen LogP contribution in [-0.2, 0) is 15.1 Å². The minimum absolute atomic E-state index is 0.409. The molecule has 18 heavy (non-hydrogen) atoms. The van der Waals surface area contributed by atoms with Crippen LogP contribution in [0.2, 0.25) is 5.82 Å². The molecule has 2 nitrogen and oxygen atoms in total. The highest BCUT2D eigenvalue weighted by molar-refractivity contribution is 6.19. The second-order valence-electron chi connectivity index (χ2n) is 5.74. The molecular formula is C15H21BO2. The Morgan fingerprint density at radius 1 is 1.22 bits per heavy atom. The fourth-order valence-electron chi connectivity index (χ4n) is 2.25. The molecule has 0 bridgehead atoms. The zero-order valence-electron chi connectivity index (χ0n) is 11.6. The van der Waals surface area contributed by atoms with Gasteiger partial charge in [-0.25, -0.2) is 0 Å². The lowest BCUT2D eigenvalue weighted by molar-refractivity contribution is -0.134. The zero-order chi connectivity index (χ0) is 13.8. The molecule has 0 amide bonds. The molecule has 0 saturated heterocycles. The van der Waals surface area contributed by atoms with Gasteiger partial charge in [0, 0.05) is 0 Å². The molecule has 1 aromatic carbocycles. The molecule has 0 aliphatic carbocycles.